The first-order valence-electron chi connectivity index (χ1n) is 7.54. The van der Waals surface area contributed by atoms with Gasteiger partial charge in [0, 0.05) is 23.9 Å². The second kappa shape index (κ2) is 6.50. The van der Waals surface area contributed by atoms with Crippen LogP contribution in [-0.4, -0.2) is 16.2 Å². The minimum Gasteiger partial charge on any atom is -0.508 e. The van der Waals surface area contributed by atoms with E-state index in [0.717, 1.165) is 21.9 Å². The maximum Gasteiger partial charge on any atom is 0.269 e. The van der Waals surface area contributed by atoms with Crippen molar-refractivity contribution < 1.29 is 10.0 Å². The van der Waals surface area contributed by atoms with Crippen molar-refractivity contribution in [2.75, 3.05) is 0 Å². The first kappa shape index (κ1) is 15.7. The van der Waals surface area contributed by atoms with Gasteiger partial charge in [0.05, 0.1) is 11.0 Å². The molecule has 3 aromatic rings. The monoisotopic (exact) mass is 320 g/mol. The van der Waals surface area contributed by atoms with Gasteiger partial charge in [-0.2, -0.15) is 0 Å². The van der Waals surface area contributed by atoms with Gasteiger partial charge in [0.25, 0.3) is 5.69 Å². The Kier molecular flexibility index (Phi) is 4.24. The van der Waals surface area contributed by atoms with Gasteiger partial charge >= 0.3 is 0 Å². The Morgan fingerprint density at radius 3 is 2.50 bits per heavy atom. The van der Waals surface area contributed by atoms with E-state index in [9.17, 15) is 15.2 Å². The summed E-state index contributed by atoms with van der Waals surface area (Å²) in [6, 6.07) is 17.3. The highest BCUT2D eigenvalue weighted by Crippen LogP contribution is 2.33. The molecular weight excluding hydrogens is 304 g/mol. The number of aromatic hydroxyl groups is 1. The summed E-state index contributed by atoms with van der Waals surface area (Å²) >= 11 is 0. The fourth-order valence-electron chi connectivity index (χ4n) is 2.68. The van der Waals surface area contributed by atoms with Crippen molar-refractivity contribution in [3.05, 3.63) is 81.9 Å². The number of nitro benzene ring substituents is 1. The third-order valence-electron chi connectivity index (χ3n) is 3.92. The third-order valence-corrected chi connectivity index (χ3v) is 3.92. The van der Waals surface area contributed by atoms with Crippen LogP contribution < -0.4 is 0 Å². The summed E-state index contributed by atoms with van der Waals surface area (Å²) in [5.41, 5.74) is 1.59. The predicted octanol–water partition coefficient (Wildman–Crippen LogP) is 4.63. The molecule has 120 valence electrons. The highest BCUT2D eigenvalue weighted by molar-refractivity contribution is 5.88. The molecular formula is C19H16N2O3. The molecule has 0 spiro atoms. The molecule has 5 heteroatoms. The molecule has 0 radical (unpaired) electrons. The Bertz CT molecular complexity index is 918. The number of aliphatic imine (C=N–C) groups is 1. The Balaban J connectivity index is 1.91. The summed E-state index contributed by atoms with van der Waals surface area (Å²) in [4.78, 5) is 14.7. The quantitative estimate of drug-likeness (QED) is 0.432. The number of benzene rings is 3. The zero-order chi connectivity index (χ0) is 17.1. The summed E-state index contributed by atoms with van der Waals surface area (Å²) in [6.07, 6.45) is 1.66. The SMILES string of the molecule is CC(N=Cc1ccc([N+](=O)[O-])cc1)c1c(O)ccc2ccccc12. The van der Waals surface area contributed by atoms with Crippen LogP contribution in [0.4, 0.5) is 5.69 Å². The number of phenols is 1. The maximum absolute atomic E-state index is 10.7. The summed E-state index contributed by atoms with van der Waals surface area (Å²) < 4.78 is 0. The van der Waals surface area contributed by atoms with Gasteiger partial charge in [0.15, 0.2) is 0 Å². The largest absolute Gasteiger partial charge is 0.508 e. The predicted molar refractivity (Wildman–Crippen MR) is 94.7 cm³/mol. The smallest absolute Gasteiger partial charge is 0.269 e. The van der Waals surface area contributed by atoms with Gasteiger partial charge in [-0.25, -0.2) is 0 Å². The van der Waals surface area contributed by atoms with E-state index >= 15 is 0 Å². The van der Waals surface area contributed by atoms with E-state index < -0.39 is 4.92 Å². The normalized spacial score (nSPS) is 12.5. The van der Waals surface area contributed by atoms with E-state index in [1.54, 1.807) is 24.4 Å². The number of nitro groups is 1. The topological polar surface area (TPSA) is 75.7 Å². The van der Waals surface area contributed by atoms with Crippen LogP contribution in [0.25, 0.3) is 10.8 Å². The number of hydrogen-bond donors (Lipinski definition) is 1. The number of nitrogens with zero attached hydrogens (tertiary/aromatic N) is 2. The van der Waals surface area contributed by atoms with E-state index in [0.29, 0.717) is 0 Å². The van der Waals surface area contributed by atoms with Crippen LogP contribution in [0.5, 0.6) is 5.75 Å². The van der Waals surface area contributed by atoms with Crippen molar-refractivity contribution in [1.82, 2.24) is 0 Å². The molecule has 0 heterocycles. The lowest BCUT2D eigenvalue weighted by molar-refractivity contribution is -0.384. The fraction of sp³-hybridized carbons (Fsp3) is 0.105. The van der Waals surface area contributed by atoms with Crippen LogP contribution >= 0.6 is 0 Å². The molecule has 1 atom stereocenters. The van der Waals surface area contributed by atoms with Crippen molar-refractivity contribution in [2.45, 2.75) is 13.0 Å². The molecule has 3 rings (SSSR count). The van der Waals surface area contributed by atoms with Crippen molar-refractivity contribution in [1.29, 1.82) is 0 Å². The Hall–Kier alpha value is -3.21. The van der Waals surface area contributed by atoms with Gasteiger partial charge < -0.3 is 5.11 Å². The van der Waals surface area contributed by atoms with Gasteiger partial charge in [-0.15, -0.1) is 0 Å². The molecule has 0 fully saturated rings. The zero-order valence-corrected chi connectivity index (χ0v) is 13.1. The molecule has 0 aromatic heterocycles. The molecule has 24 heavy (non-hydrogen) atoms. The van der Waals surface area contributed by atoms with E-state index in [1.807, 2.05) is 37.3 Å². The number of non-ortho nitro benzene ring substituents is 1. The van der Waals surface area contributed by atoms with Crippen molar-refractivity contribution in [2.24, 2.45) is 4.99 Å². The van der Waals surface area contributed by atoms with Gasteiger partial charge in [-0.3, -0.25) is 15.1 Å². The van der Waals surface area contributed by atoms with Crippen molar-refractivity contribution in [3.8, 4) is 5.75 Å². The summed E-state index contributed by atoms with van der Waals surface area (Å²) in [7, 11) is 0. The molecule has 0 saturated carbocycles. The van der Waals surface area contributed by atoms with Crippen LogP contribution in [0.2, 0.25) is 0 Å². The molecule has 5 nitrogen and oxygen atoms in total. The zero-order valence-electron chi connectivity index (χ0n) is 13.1. The molecule has 3 aromatic carbocycles. The van der Waals surface area contributed by atoms with Gasteiger partial charge in [0.2, 0.25) is 0 Å². The van der Waals surface area contributed by atoms with Crippen LogP contribution in [0.15, 0.2) is 65.7 Å². The highest BCUT2D eigenvalue weighted by atomic mass is 16.6. The van der Waals surface area contributed by atoms with Gasteiger partial charge in [-0.05, 0) is 41.5 Å². The molecule has 0 amide bonds. The first-order valence-corrected chi connectivity index (χ1v) is 7.54. The lowest BCUT2D eigenvalue weighted by Crippen LogP contribution is -1.94. The molecule has 0 aliphatic rings. The van der Waals surface area contributed by atoms with Crippen LogP contribution in [0, 0.1) is 10.1 Å². The summed E-state index contributed by atoms with van der Waals surface area (Å²) in [5, 5.41) is 22.9. The third kappa shape index (κ3) is 3.10. The average molecular weight is 320 g/mol. The van der Waals surface area contributed by atoms with Crippen molar-refractivity contribution in [3.63, 3.8) is 0 Å². The van der Waals surface area contributed by atoms with Gasteiger partial charge in [0.1, 0.15) is 5.75 Å². The first-order chi connectivity index (χ1) is 11.6. The molecule has 1 unspecified atom stereocenters. The minimum atomic E-state index is -0.433. The summed E-state index contributed by atoms with van der Waals surface area (Å²) in [5.74, 6) is 0.210. The Labute approximate surface area is 139 Å². The number of rotatable bonds is 4. The molecule has 0 aliphatic carbocycles. The lowest BCUT2D eigenvalue weighted by atomic mass is 9.99. The fourth-order valence-corrected chi connectivity index (χ4v) is 2.68. The number of fused-ring (bicyclic) bond motifs is 1. The standard InChI is InChI=1S/C19H16N2O3/c1-13(20-12-14-6-9-16(10-7-14)21(23)24)19-17-5-3-2-4-15(17)8-11-18(19)22/h2-13,22H,1H3. The number of hydrogen-bond acceptors (Lipinski definition) is 4. The molecule has 1 N–H and O–H groups in total. The minimum absolute atomic E-state index is 0.0481. The van der Waals surface area contributed by atoms with E-state index in [2.05, 4.69) is 4.99 Å². The van der Waals surface area contributed by atoms with Crippen LogP contribution in [0.3, 0.4) is 0 Å². The molecule has 0 saturated heterocycles. The Morgan fingerprint density at radius 2 is 1.79 bits per heavy atom. The highest BCUT2D eigenvalue weighted by Gasteiger charge is 2.13. The molecule has 0 bridgehead atoms. The average Bonchev–Trinajstić information content (AvgIpc) is 2.60. The van der Waals surface area contributed by atoms with Crippen LogP contribution in [0.1, 0.15) is 24.1 Å². The number of phenolic OH excluding ortho intramolecular Hbond substituents is 1. The van der Waals surface area contributed by atoms with Gasteiger partial charge in [-0.1, -0.05) is 30.3 Å². The molecule has 0 aliphatic heterocycles. The summed E-state index contributed by atoms with van der Waals surface area (Å²) in [6.45, 7) is 1.91. The van der Waals surface area contributed by atoms with E-state index in [1.165, 1.54) is 12.1 Å². The van der Waals surface area contributed by atoms with Crippen LogP contribution in [-0.2, 0) is 0 Å². The second-order valence-corrected chi connectivity index (χ2v) is 5.52. The maximum atomic E-state index is 10.7. The van der Waals surface area contributed by atoms with E-state index in [-0.39, 0.29) is 17.5 Å². The van der Waals surface area contributed by atoms with Crippen molar-refractivity contribution >= 4 is 22.7 Å². The Morgan fingerprint density at radius 1 is 1.08 bits per heavy atom. The van der Waals surface area contributed by atoms with E-state index in [4.69, 9.17) is 0 Å². The second-order valence-electron chi connectivity index (χ2n) is 5.52. The lowest BCUT2D eigenvalue weighted by Gasteiger charge is -2.13.